The lowest BCUT2D eigenvalue weighted by atomic mass is 10.1. The summed E-state index contributed by atoms with van der Waals surface area (Å²) in [5.41, 5.74) is 4.73. The maximum atomic E-state index is 12.9. The SMILES string of the molecule is CCc1ccccc1NC(=O)c1nc(-c2ccccc2)n(-c2cccc(C)c2)n1. The monoisotopic (exact) mass is 382 g/mol. The van der Waals surface area contributed by atoms with Crippen molar-refractivity contribution in [2.75, 3.05) is 5.32 Å². The van der Waals surface area contributed by atoms with E-state index >= 15 is 0 Å². The topological polar surface area (TPSA) is 59.8 Å². The van der Waals surface area contributed by atoms with Crippen LogP contribution in [0.5, 0.6) is 0 Å². The number of aryl methyl sites for hydroxylation is 2. The van der Waals surface area contributed by atoms with Crippen molar-refractivity contribution in [2.24, 2.45) is 0 Å². The summed E-state index contributed by atoms with van der Waals surface area (Å²) in [6, 6.07) is 25.5. The Balaban J connectivity index is 1.76. The highest BCUT2D eigenvalue weighted by Crippen LogP contribution is 2.22. The molecule has 1 heterocycles. The van der Waals surface area contributed by atoms with Crippen LogP contribution in [0.1, 0.15) is 28.7 Å². The number of hydrogen-bond acceptors (Lipinski definition) is 3. The minimum atomic E-state index is -0.325. The molecule has 0 unspecified atom stereocenters. The fourth-order valence-corrected chi connectivity index (χ4v) is 3.25. The van der Waals surface area contributed by atoms with Gasteiger partial charge in [-0.2, -0.15) is 0 Å². The van der Waals surface area contributed by atoms with E-state index < -0.39 is 0 Å². The largest absolute Gasteiger partial charge is 0.319 e. The molecule has 5 nitrogen and oxygen atoms in total. The number of carbonyl (C=O) groups is 1. The molecule has 3 aromatic carbocycles. The minimum absolute atomic E-state index is 0.135. The molecule has 4 rings (SSSR count). The van der Waals surface area contributed by atoms with Gasteiger partial charge in [-0.3, -0.25) is 4.79 Å². The predicted octanol–water partition coefficient (Wildman–Crippen LogP) is 5.06. The summed E-state index contributed by atoms with van der Waals surface area (Å²) in [6.07, 6.45) is 0.830. The van der Waals surface area contributed by atoms with Crippen molar-refractivity contribution in [3.05, 3.63) is 95.8 Å². The Labute approximate surface area is 170 Å². The van der Waals surface area contributed by atoms with Crippen LogP contribution in [0.2, 0.25) is 0 Å². The van der Waals surface area contributed by atoms with Crippen molar-refractivity contribution in [3.8, 4) is 17.1 Å². The molecule has 0 atom stereocenters. The zero-order valence-corrected chi connectivity index (χ0v) is 16.5. The van der Waals surface area contributed by atoms with Gasteiger partial charge in [0.15, 0.2) is 5.82 Å². The average Bonchev–Trinajstić information content (AvgIpc) is 3.20. The quantitative estimate of drug-likeness (QED) is 0.525. The van der Waals surface area contributed by atoms with E-state index in [0.29, 0.717) is 5.82 Å². The van der Waals surface area contributed by atoms with Gasteiger partial charge in [0, 0.05) is 11.3 Å². The molecule has 5 heteroatoms. The molecule has 0 aliphatic rings. The van der Waals surface area contributed by atoms with Gasteiger partial charge in [0.1, 0.15) is 0 Å². The zero-order valence-electron chi connectivity index (χ0n) is 16.5. The molecular formula is C24H22N4O. The first kappa shape index (κ1) is 18.6. The first-order valence-electron chi connectivity index (χ1n) is 9.64. The van der Waals surface area contributed by atoms with E-state index in [2.05, 4.69) is 22.3 Å². The fraction of sp³-hybridized carbons (Fsp3) is 0.125. The third kappa shape index (κ3) is 3.94. The molecule has 1 aromatic heterocycles. The minimum Gasteiger partial charge on any atom is -0.319 e. The van der Waals surface area contributed by atoms with Crippen molar-refractivity contribution in [2.45, 2.75) is 20.3 Å². The van der Waals surface area contributed by atoms with E-state index in [4.69, 9.17) is 0 Å². The summed E-state index contributed by atoms with van der Waals surface area (Å²) in [5, 5.41) is 7.50. The van der Waals surface area contributed by atoms with E-state index in [9.17, 15) is 4.79 Å². The second kappa shape index (κ2) is 8.10. The highest BCUT2D eigenvalue weighted by atomic mass is 16.2. The Morgan fingerprint density at radius 2 is 1.72 bits per heavy atom. The lowest BCUT2D eigenvalue weighted by Gasteiger charge is -2.07. The highest BCUT2D eigenvalue weighted by Gasteiger charge is 2.19. The third-order valence-corrected chi connectivity index (χ3v) is 4.73. The Bertz CT molecular complexity index is 1150. The van der Waals surface area contributed by atoms with Gasteiger partial charge in [-0.05, 0) is 42.7 Å². The van der Waals surface area contributed by atoms with Crippen molar-refractivity contribution < 1.29 is 4.79 Å². The van der Waals surface area contributed by atoms with Gasteiger partial charge < -0.3 is 5.32 Å². The number of amides is 1. The number of nitrogens with zero attached hydrogens (tertiary/aromatic N) is 3. The number of hydrogen-bond donors (Lipinski definition) is 1. The van der Waals surface area contributed by atoms with E-state index in [1.807, 2.05) is 85.8 Å². The number of para-hydroxylation sites is 1. The summed E-state index contributed by atoms with van der Waals surface area (Å²) in [7, 11) is 0. The smallest absolute Gasteiger partial charge is 0.295 e. The molecule has 0 radical (unpaired) electrons. The second-order valence-corrected chi connectivity index (χ2v) is 6.84. The first-order valence-corrected chi connectivity index (χ1v) is 9.64. The van der Waals surface area contributed by atoms with Crippen LogP contribution in [0.15, 0.2) is 78.9 Å². The maximum Gasteiger partial charge on any atom is 0.295 e. The van der Waals surface area contributed by atoms with E-state index in [0.717, 1.165) is 34.5 Å². The fourth-order valence-electron chi connectivity index (χ4n) is 3.25. The molecule has 0 saturated carbocycles. The molecule has 1 amide bonds. The molecule has 144 valence electrons. The van der Waals surface area contributed by atoms with Gasteiger partial charge in [-0.1, -0.05) is 67.6 Å². The zero-order chi connectivity index (χ0) is 20.2. The van der Waals surface area contributed by atoms with Gasteiger partial charge in [-0.25, -0.2) is 9.67 Å². The van der Waals surface area contributed by atoms with Crippen LogP contribution in [0, 0.1) is 6.92 Å². The van der Waals surface area contributed by atoms with E-state index in [1.54, 1.807) is 4.68 Å². The molecule has 29 heavy (non-hydrogen) atoms. The van der Waals surface area contributed by atoms with Crippen LogP contribution >= 0.6 is 0 Å². The average molecular weight is 382 g/mol. The number of rotatable bonds is 5. The van der Waals surface area contributed by atoms with Crippen LogP contribution in [-0.4, -0.2) is 20.7 Å². The third-order valence-electron chi connectivity index (χ3n) is 4.73. The molecule has 1 N–H and O–H groups in total. The lowest BCUT2D eigenvalue weighted by molar-refractivity contribution is 0.101. The van der Waals surface area contributed by atoms with Crippen LogP contribution in [0.4, 0.5) is 5.69 Å². The van der Waals surface area contributed by atoms with Crippen molar-refractivity contribution in [3.63, 3.8) is 0 Å². The van der Waals surface area contributed by atoms with E-state index in [-0.39, 0.29) is 11.7 Å². The Morgan fingerprint density at radius 3 is 2.48 bits per heavy atom. The van der Waals surface area contributed by atoms with Crippen LogP contribution in [0.25, 0.3) is 17.1 Å². The van der Waals surface area contributed by atoms with Crippen molar-refractivity contribution in [1.82, 2.24) is 14.8 Å². The Hall–Kier alpha value is -3.73. The van der Waals surface area contributed by atoms with Crippen LogP contribution in [0.3, 0.4) is 0 Å². The highest BCUT2D eigenvalue weighted by molar-refractivity contribution is 6.02. The number of benzene rings is 3. The maximum absolute atomic E-state index is 12.9. The van der Waals surface area contributed by atoms with Gasteiger partial charge in [-0.15, -0.1) is 5.10 Å². The Morgan fingerprint density at radius 1 is 0.966 bits per heavy atom. The van der Waals surface area contributed by atoms with Crippen molar-refractivity contribution >= 4 is 11.6 Å². The molecule has 4 aromatic rings. The molecule has 0 aliphatic carbocycles. The van der Waals surface area contributed by atoms with Gasteiger partial charge in [0.25, 0.3) is 5.91 Å². The van der Waals surface area contributed by atoms with Crippen LogP contribution in [-0.2, 0) is 6.42 Å². The molecule has 0 aliphatic heterocycles. The summed E-state index contributed by atoms with van der Waals surface area (Å²) in [5.74, 6) is 0.441. The van der Waals surface area contributed by atoms with Gasteiger partial charge >= 0.3 is 0 Å². The Kier molecular flexibility index (Phi) is 5.20. The van der Waals surface area contributed by atoms with Gasteiger partial charge in [0.05, 0.1) is 5.69 Å². The first-order chi connectivity index (χ1) is 14.2. The van der Waals surface area contributed by atoms with Crippen LogP contribution < -0.4 is 5.32 Å². The summed E-state index contributed by atoms with van der Waals surface area (Å²) in [6.45, 7) is 4.08. The summed E-state index contributed by atoms with van der Waals surface area (Å²) >= 11 is 0. The summed E-state index contributed by atoms with van der Waals surface area (Å²) < 4.78 is 1.73. The summed E-state index contributed by atoms with van der Waals surface area (Å²) in [4.78, 5) is 17.5. The van der Waals surface area contributed by atoms with E-state index in [1.165, 1.54) is 0 Å². The predicted molar refractivity (Wildman–Crippen MR) is 115 cm³/mol. The molecule has 0 saturated heterocycles. The normalized spacial score (nSPS) is 10.7. The standard InChI is InChI=1S/C24H22N4O/c1-3-18-11-7-8-15-21(18)25-24(29)22-26-23(19-12-5-4-6-13-19)28(27-22)20-14-9-10-17(2)16-20/h4-16H,3H2,1-2H3,(H,25,29). The molecular weight excluding hydrogens is 360 g/mol. The molecule has 0 spiro atoms. The molecule has 0 fully saturated rings. The number of carbonyl (C=O) groups excluding carboxylic acids is 1. The number of nitrogens with one attached hydrogen (secondary N) is 1. The van der Waals surface area contributed by atoms with Crippen molar-refractivity contribution in [1.29, 1.82) is 0 Å². The second-order valence-electron chi connectivity index (χ2n) is 6.84. The van der Waals surface area contributed by atoms with Gasteiger partial charge in [0.2, 0.25) is 5.82 Å². The lowest BCUT2D eigenvalue weighted by Crippen LogP contribution is -2.15. The molecule has 0 bridgehead atoms. The number of aromatic nitrogens is 3. The number of anilines is 1.